The molecule has 1 aliphatic heterocycles. The zero-order chi connectivity index (χ0) is 18.5. The van der Waals surface area contributed by atoms with Crippen molar-refractivity contribution < 1.29 is 9.59 Å². The van der Waals surface area contributed by atoms with E-state index in [2.05, 4.69) is 9.97 Å². The van der Waals surface area contributed by atoms with E-state index in [0.717, 1.165) is 16.4 Å². The largest absolute Gasteiger partial charge is 0.342 e. The van der Waals surface area contributed by atoms with Gasteiger partial charge in [-0.1, -0.05) is 6.07 Å². The molecule has 2 aromatic heterocycles. The van der Waals surface area contributed by atoms with E-state index < -0.39 is 0 Å². The van der Waals surface area contributed by atoms with Gasteiger partial charge in [-0.15, -0.1) is 11.3 Å². The van der Waals surface area contributed by atoms with Gasteiger partial charge in [0.2, 0.25) is 11.8 Å². The van der Waals surface area contributed by atoms with Crippen molar-refractivity contribution in [3.8, 4) is 0 Å². The fourth-order valence-corrected chi connectivity index (χ4v) is 3.85. The molecule has 2 amide bonds. The highest BCUT2D eigenvalue weighted by molar-refractivity contribution is 7.09. The van der Waals surface area contributed by atoms with Crippen molar-refractivity contribution in [2.45, 2.75) is 32.7 Å². The number of piperidine rings is 1. The highest BCUT2D eigenvalue weighted by atomic mass is 32.1. The Hall–Kier alpha value is -2.28. The van der Waals surface area contributed by atoms with Crippen LogP contribution in [-0.4, -0.2) is 51.7 Å². The van der Waals surface area contributed by atoms with Gasteiger partial charge in [0.15, 0.2) is 0 Å². The molecule has 26 heavy (non-hydrogen) atoms. The molecule has 0 N–H and O–H groups in total. The number of pyridine rings is 1. The number of carbonyl (C=O) groups excluding carboxylic acids is 2. The van der Waals surface area contributed by atoms with Gasteiger partial charge >= 0.3 is 0 Å². The Kier molecular flexibility index (Phi) is 5.98. The van der Waals surface area contributed by atoms with Gasteiger partial charge in [0.25, 0.3) is 0 Å². The highest BCUT2D eigenvalue weighted by Gasteiger charge is 2.31. The number of carbonyl (C=O) groups is 2. The van der Waals surface area contributed by atoms with Gasteiger partial charge in [0, 0.05) is 50.2 Å². The fraction of sp³-hybridized carbons (Fsp3) is 0.474. The topological polar surface area (TPSA) is 66.4 Å². The van der Waals surface area contributed by atoms with Gasteiger partial charge in [-0.2, -0.15) is 0 Å². The first-order valence-electron chi connectivity index (χ1n) is 8.86. The molecule has 0 aliphatic carbocycles. The van der Waals surface area contributed by atoms with E-state index in [1.807, 2.05) is 42.5 Å². The predicted octanol–water partition coefficient (Wildman–Crippen LogP) is 2.29. The van der Waals surface area contributed by atoms with E-state index in [1.165, 1.54) is 0 Å². The summed E-state index contributed by atoms with van der Waals surface area (Å²) in [6.45, 7) is 3.57. The van der Waals surface area contributed by atoms with E-state index in [-0.39, 0.29) is 17.7 Å². The first kappa shape index (κ1) is 18.5. The molecule has 2 aromatic rings. The molecule has 1 aliphatic rings. The summed E-state index contributed by atoms with van der Waals surface area (Å²) in [6.07, 6.45) is 3.52. The molecule has 138 valence electrons. The molecule has 1 fully saturated rings. The number of likely N-dealkylation sites (tertiary alicyclic amines) is 1. The van der Waals surface area contributed by atoms with Crippen LogP contribution in [0.25, 0.3) is 0 Å². The molecule has 0 saturated carbocycles. The fourth-order valence-electron chi connectivity index (χ4n) is 3.24. The summed E-state index contributed by atoms with van der Waals surface area (Å²) in [4.78, 5) is 37.3. The van der Waals surface area contributed by atoms with Crippen LogP contribution in [0.3, 0.4) is 0 Å². The molecule has 0 radical (unpaired) electrons. The molecule has 0 bridgehead atoms. The monoisotopic (exact) mass is 372 g/mol. The van der Waals surface area contributed by atoms with E-state index in [9.17, 15) is 9.59 Å². The van der Waals surface area contributed by atoms with Crippen molar-refractivity contribution in [2.75, 3.05) is 20.1 Å². The minimum Gasteiger partial charge on any atom is -0.342 e. The van der Waals surface area contributed by atoms with Gasteiger partial charge in [-0.3, -0.25) is 14.6 Å². The van der Waals surface area contributed by atoms with E-state index in [4.69, 9.17) is 0 Å². The lowest BCUT2D eigenvalue weighted by atomic mass is 9.95. The van der Waals surface area contributed by atoms with Crippen LogP contribution < -0.4 is 0 Å². The molecule has 6 nitrogen and oxygen atoms in total. The zero-order valence-corrected chi connectivity index (χ0v) is 16.0. The number of aryl methyl sites for hydroxylation is 1. The maximum Gasteiger partial charge on any atom is 0.227 e. The van der Waals surface area contributed by atoms with Crippen LogP contribution in [0.1, 0.15) is 29.2 Å². The van der Waals surface area contributed by atoms with Crippen LogP contribution in [0.5, 0.6) is 0 Å². The quantitative estimate of drug-likeness (QED) is 0.780. The lowest BCUT2D eigenvalue weighted by molar-refractivity contribution is -0.142. The minimum atomic E-state index is -0.138. The van der Waals surface area contributed by atoms with E-state index >= 15 is 0 Å². The maximum absolute atomic E-state index is 12.8. The van der Waals surface area contributed by atoms with Crippen LogP contribution in [0.2, 0.25) is 0 Å². The number of hydrogen-bond acceptors (Lipinski definition) is 5. The normalized spacial score (nSPS) is 17.4. The Balaban J connectivity index is 1.56. The van der Waals surface area contributed by atoms with Gasteiger partial charge in [0.1, 0.15) is 0 Å². The first-order valence-corrected chi connectivity index (χ1v) is 9.74. The zero-order valence-electron chi connectivity index (χ0n) is 15.2. The molecule has 1 unspecified atom stereocenters. The second kappa shape index (κ2) is 8.40. The molecule has 7 heteroatoms. The second-order valence-electron chi connectivity index (χ2n) is 6.70. The smallest absolute Gasteiger partial charge is 0.227 e. The Morgan fingerprint density at radius 1 is 1.38 bits per heavy atom. The molecule has 1 saturated heterocycles. The Morgan fingerprint density at radius 3 is 2.92 bits per heavy atom. The van der Waals surface area contributed by atoms with Crippen LogP contribution in [-0.2, 0) is 22.6 Å². The number of hydrogen-bond donors (Lipinski definition) is 0. The first-order chi connectivity index (χ1) is 12.5. The van der Waals surface area contributed by atoms with Crippen LogP contribution in [0.4, 0.5) is 0 Å². The summed E-state index contributed by atoms with van der Waals surface area (Å²) < 4.78 is 0. The minimum absolute atomic E-state index is 0.0889. The molecule has 3 heterocycles. The van der Waals surface area contributed by atoms with Crippen molar-refractivity contribution in [1.82, 2.24) is 19.8 Å². The number of rotatable bonds is 6. The molecule has 0 aromatic carbocycles. The summed E-state index contributed by atoms with van der Waals surface area (Å²) in [5, 5.41) is 2.99. The Morgan fingerprint density at radius 2 is 2.23 bits per heavy atom. The summed E-state index contributed by atoms with van der Waals surface area (Å²) >= 11 is 1.59. The van der Waals surface area contributed by atoms with Crippen LogP contribution in [0, 0.1) is 12.8 Å². The van der Waals surface area contributed by atoms with Crippen molar-refractivity contribution in [1.29, 1.82) is 0 Å². The van der Waals surface area contributed by atoms with Crippen LogP contribution in [0.15, 0.2) is 29.8 Å². The molecular weight excluding hydrogens is 348 g/mol. The molecular formula is C19H24N4O2S. The van der Waals surface area contributed by atoms with Gasteiger partial charge in [-0.25, -0.2) is 4.98 Å². The number of nitrogens with zero attached hydrogens (tertiary/aromatic N) is 4. The second-order valence-corrected chi connectivity index (χ2v) is 7.76. The van der Waals surface area contributed by atoms with Crippen molar-refractivity contribution in [3.63, 3.8) is 0 Å². The average Bonchev–Trinajstić information content (AvgIpc) is 3.06. The molecule has 3 rings (SSSR count). The maximum atomic E-state index is 12.8. The number of amides is 2. The third-order valence-electron chi connectivity index (χ3n) is 4.66. The lowest BCUT2D eigenvalue weighted by Gasteiger charge is -2.33. The predicted molar refractivity (Wildman–Crippen MR) is 101 cm³/mol. The lowest BCUT2D eigenvalue weighted by Crippen LogP contribution is -2.46. The van der Waals surface area contributed by atoms with Gasteiger partial charge < -0.3 is 9.80 Å². The highest BCUT2D eigenvalue weighted by Crippen LogP contribution is 2.21. The molecule has 0 spiro atoms. The third-order valence-corrected chi connectivity index (χ3v) is 5.48. The SMILES string of the molecule is Cc1nc(CN(C)C(=O)C2CCC(=O)N(CCc3ccccn3)C2)cs1. The van der Waals surface area contributed by atoms with Crippen molar-refractivity contribution >= 4 is 23.2 Å². The molecule has 1 atom stereocenters. The summed E-state index contributed by atoms with van der Waals surface area (Å²) in [7, 11) is 1.81. The van der Waals surface area contributed by atoms with Gasteiger partial charge in [0.05, 0.1) is 23.2 Å². The number of thiazole rings is 1. The summed E-state index contributed by atoms with van der Waals surface area (Å²) in [5.74, 6) is 0.0786. The summed E-state index contributed by atoms with van der Waals surface area (Å²) in [6, 6.07) is 5.78. The Bertz CT molecular complexity index is 762. The van der Waals surface area contributed by atoms with Crippen molar-refractivity contribution in [3.05, 3.63) is 46.2 Å². The number of aromatic nitrogens is 2. The average molecular weight is 372 g/mol. The van der Waals surface area contributed by atoms with E-state index in [1.54, 1.807) is 22.4 Å². The van der Waals surface area contributed by atoms with E-state index in [0.29, 0.717) is 38.9 Å². The van der Waals surface area contributed by atoms with Gasteiger partial charge in [-0.05, 0) is 25.5 Å². The standard InChI is InChI=1S/C19H24N4O2S/c1-14-21-17(13-26-14)12-22(2)19(25)15-6-7-18(24)23(11-15)10-8-16-5-3-4-9-20-16/h3-5,9,13,15H,6-8,10-12H2,1-2H3. The van der Waals surface area contributed by atoms with Crippen LogP contribution >= 0.6 is 11.3 Å². The van der Waals surface area contributed by atoms with Crippen molar-refractivity contribution in [2.24, 2.45) is 5.92 Å². The Labute approximate surface area is 157 Å². The summed E-state index contributed by atoms with van der Waals surface area (Å²) in [5.41, 5.74) is 1.88. The third kappa shape index (κ3) is 4.66.